The Morgan fingerprint density at radius 3 is 2.75 bits per heavy atom. The van der Waals surface area contributed by atoms with Gasteiger partial charge in [0.1, 0.15) is 5.76 Å². The first-order valence-corrected chi connectivity index (χ1v) is 7.94. The average Bonchev–Trinajstić information content (AvgIpc) is 3.06. The minimum absolute atomic E-state index is 0. The molecule has 1 aromatic heterocycles. The van der Waals surface area contributed by atoms with Gasteiger partial charge in [-0.1, -0.05) is 30.3 Å². The Hall–Kier alpha value is -1.76. The second kappa shape index (κ2) is 10.9. The third-order valence-corrected chi connectivity index (χ3v) is 3.63. The molecular weight excluding hydrogens is 413 g/mol. The zero-order valence-corrected chi connectivity index (χ0v) is 16.6. The number of guanidine groups is 1. The minimum Gasteiger partial charge on any atom is -0.469 e. The van der Waals surface area contributed by atoms with Crippen LogP contribution in [0.4, 0.5) is 0 Å². The van der Waals surface area contributed by atoms with Crippen molar-refractivity contribution in [2.75, 3.05) is 13.1 Å². The Labute approximate surface area is 161 Å². The van der Waals surface area contributed by atoms with Crippen molar-refractivity contribution in [2.45, 2.75) is 26.3 Å². The fraction of sp³-hybridized carbons (Fsp3) is 0.316. The molecule has 130 valence electrons. The van der Waals surface area contributed by atoms with Crippen LogP contribution in [0.1, 0.15) is 29.9 Å². The van der Waals surface area contributed by atoms with E-state index in [1.165, 1.54) is 11.1 Å². The molecule has 1 atom stereocenters. The van der Waals surface area contributed by atoms with Crippen LogP contribution < -0.4 is 10.6 Å². The summed E-state index contributed by atoms with van der Waals surface area (Å²) in [5, 5.41) is 6.71. The summed E-state index contributed by atoms with van der Waals surface area (Å²) in [7, 11) is 0. The smallest absolute Gasteiger partial charge is 0.191 e. The molecule has 0 saturated heterocycles. The molecule has 0 aliphatic rings. The van der Waals surface area contributed by atoms with E-state index in [0.717, 1.165) is 18.1 Å². The van der Waals surface area contributed by atoms with Crippen molar-refractivity contribution >= 4 is 29.9 Å². The molecule has 2 aromatic rings. The Morgan fingerprint density at radius 2 is 2.08 bits per heavy atom. The van der Waals surface area contributed by atoms with Gasteiger partial charge in [0.15, 0.2) is 5.96 Å². The van der Waals surface area contributed by atoms with Gasteiger partial charge in [-0.3, -0.25) is 4.99 Å². The van der Waals surface area contributed by atoms with E-state index in [-0.39, 0.29) is 30.0 Å². The molecule has 1 heterocycles. The molecular formula is C19H26IN3O. The number of rotatable bonds is 7. The summed E-state index contributed by atoms with van der Waals surface area (Å²) in [6.45, 7) is 9.35. The molecule has 0 radical (unpaired) electrons. The van der Waals surface area contributed by atoms with E-state index in [1.807, 2.05) is 18.2 Å². The van der Waals surface area contributed by atoms with Crippen molar-refractivity contribution in [2.24, 2.45) is 4.99 Å². The van der Waals surface area contributed by atoms with Gasteiger partial charge in [0, 0.05) is 19.5 Å². The van der Waals surface area contributed by atoms with Crippen LogP contribution in [0.15, 0.2) is 64.7 Å². The SMILES string of the molecule is C=CCNC(=NCCc1ccco1)NC(C)c1ccccc1C.I. The second-order valence-corrected chi connectivity index (χ2v) is 5.45. The van der Waals surface area contributed by atoms with Gasteiger partial charge in [0.25, 0.3) is 0 Å². The van der Waals surface area contributed by atoms with E-state index in [1.54, 1.807) is 6.26 Å². The third-order valence-electron chi connectivity index (χ3n) is 3.63. The summed E-state index contributed by atoms with van der Waals surface area (Å²) in [4.78, 5) is 4.62. The summed E-state index contributed by atoms with van der Waals surface area (Å²) < 4.78 is 5.34. The lowest BCUT2D eigenvalue weighted by atomic mass is 10.0. The topological polar surface area (TPSA) is 49.6 Å². The van der Waals surface area contributed by atoms with Gasteiger partial charge in [-0.25, -0.2) is 0 Å². The maximum Gasteiger partial charge on any atom is 0.191 e. The standard InChI is InChI=1S/C19H25N3O.HI/c1-4-12-20-19(21-13-11-17-9-7-14-23-17)22-16(3)18-10-6-5-8-15(18)2;/h4-10,14,16H,1,11-13H2,2-3H3,(H2,20,21,22);1H. The van der Waals surface area contributed by atoms with Gasteiger partial charge in [0.2, 0.25) is 0 Å². The lowest BCUT2D eigenvalue weighted by molar-refractivity contribution is 0.510. The molecule has 4 nitrogen and oxygen atoms in total. The number of hydrogen-bond acceptors (Lipinski definition) is 2. The zero-order chi connectivity index (χ0) is 16.5. The van der Waals surface area contributed by atoms with Gasteiger partial charge in [-0.15, -0.1) is 30.6 Å². The molecule has 2 rings (SSSR count). The molecule has 0 aliphatic heterocycles. The molecule has 1 aromatic carbocycles. The van der Waals surface area contributed by atoms with Crippen LogP contribution >= 0.6 is 24.0 Å². The van der Waals surface area contributed by atoms with Crippen LogP contribution in [0.25, 0.3) is 0 Å². The average molecular weight is 439 g/mol. The molecule has 24 heavy (non-hydrogen) atoms. The molecule has 0 spiro atoms. The van der Waals surface area contributed by atoms with Crippen LogP contribution in [-0.2, 0) is 6.42 Å². The van der Waals surface area contributed by atoms with Gasteiger partial charge in [-0.2, -0.15) is 0 Å². The minimum atomic E-state index is 0. The maximum atomic E-state index is 5.34. The van der Waals surface area contributed by atoms with Crippen molar-refractivity contribution in [3.8, 4) is 0 Å². The lowest BCUT2D eigenvalue weighted by Gasteiger charge is -2.19. The van der Waals surface area contributed by atoms with Gasteiger partial charge >= 0.3 is 0 Å². The van der Waals surface area contributed by atoms with E-state index in [4.69, 9.17) is 4.42 Å². The van der Waals surface area contributed by atoms with E-state index >= 15 is 0 Å². The van der Waals surface area contributed by atoms with Gasteiger partial charge < -0.3 is 15.1 Å². The molecule has 0 fully saturated rings. The summed E-state index contributed by atoms with van der Waals surface area (Å²) in [6.07, 6.45) is 4.29. The third kappa shape index (κ3) is 6.39. The van der Waals surface area contributed by atoms with Gasteiger partial charge in [-0.05, 0) is 37.1 Å². The number of nitrogens with zero attached hydrogens (tertiary/aromatic N) is 1. The van der Waals surface area contributed by atoms with Crippen LogP contribution in [0.5, 0.6) is 0 Å². The molecule has 2 N–H and O–H groups in total. The summed E-state index contributed by atoms with van der Waals surface area (Å²) in [5.74, 6) is 1.73. The van der Waals surface area contributed by atoms with Crippen LogP contribution in [0.2, 0.25) is 0 Å². The summed E-state index contributed by atoms with van der Waals surface area (Å²) in [5.41, 5.74) is 2.54. The number of furan rings is 1. The number of hydrogen-bond donors (Lipinski definition) is 2. The Morgan fingerprint density at radius 1 is 1.29 bits per heavy atom. The Balaban J connectivity index is 0.00000288. The highest BCUT2D eigenvalue weighted by molar-refractivity contribution is 14.0. The highest BCUT2D eigenvalue weighted by atomic mass is 127. The number of aryl methyl sites for hydroxylation is 1. The predicted octanol–water partition coefficient (Wildman–Crippen LogP) is 4.23. The van der Waals surface area contributed by atoms with Gasteiger partial charge in [0.05, 0.1) is 12.3 Å². The number of benzene rings is 1. The van der Waals surface area contributed by atoms with Crippen molar-refractivity contribution in [1.29, 1.82) is 0 Å². The molecule has 5 heteroatoms. The summed E-state index contributed by atoms with van der Waals surface area (Å²) >= 11 is 0. The normalized spacial score (nSPS) is 12.2. The second-order valence-electron chi connectivity index (χ2n) is 5.45. The fourth-order valence-electron chi connectivity index (χ4n) is 2.41. The van der Waals surface area contributed by atoms with Crippen molar-refractivity contribution in [1.82, 2.24) is 10.6 Å². The van der Waals surface area contributed by atoms with E-state index in [0.29, 0.717) is 13.1 Å². The van der Waals surface area contributed by atoms with Crippen LogP contribution in [0, 0.1) is 6.92 Å². The first kappa shape index (κ1) is 20.3. The molecule has 0 amide bonds. The molecule has 1 unspecified atom stereocenters. The Kier molecular flexibility index (Phi) is 9.22. The predicted molar refractivity (Wildman–Crippen MR) is 111 cm³/mol. The number of halogens is 1. The van der Waals surface area contributed by atoms with Crippen molar-refractivity contribution in [3.05, 3.63) is 72.2 Å². The highest BCUT2D eigenvalue weighted by Crippen LogP contribution is 2.16. The quantitative estimate of drug-likeness (QED) is 0.294. The molecule has 0 aliphatic carbocycles. The summed E-state index contributed by atoms with van der Waals surface area (Å²) in [6, 6.07) is 12.4. The van der Waals surface area contributed by atoms with Crippen LogP contribution in [0.3, 0.4) is 0 Å². The first-order chi connectivity index (χ1) is 11.2. The highest BCUT2D eigenvalue weighted by Gasteiger charge is 2.09. The van der Waals surface area contributed by atoms with Crippen molar-refractivity contribution < 1.29 is 4.42 Å². The largest absolute Gasteiger partial charge is 0.469 e. The van der Waals surface area contributed by atoms with E-state index in [2.05, 4.69) is 60.3 Å². The van der Waals surface area contributed by atoms with Crippen LogP contribution in [-0.4, -0.2) is 19.0 Å². The fourth-order valence-corrected chi connectivity index (χ4v) is 2.41. The maximum absolute atomic E-state index is 5.34. The lowest BCUT2D eigenvalue weighted by Crippen LogP contribution is -2.39. The molecule has 0 bridgehead atoms. The monoisotopic (exact) mass is 439 g/mol. The van der Waals surface area contributed by atoms with Crippen molar-refractivity contribution in [3.63, 3.8) is 0 Å². The van der Waals surface area contributed by atoms with E-state index < -0.39 is 0 Å². The number of aliphatic imine (C=N–C) groups is 1. The number of nitrogens with one attached hydrogen (secondary N) is 2. The first-order valence-electron chi connectivity index (χ1n) is 7.94. The molecule has 0 saturated carbocycles. The Bertz CT molecular complexity index is 638. The zero-order valence-electron chi connectivity index (χ0n) is 14.3. The van der Waals surface area contributed by atoms with E-state index in [9.17, 15) is 0 Å².